The smallest absolute Gasteiger partial charge is 0.256 e. The molecule has 0 unspecified atom stereocenters. The standard InChI is InChI=1S/C13H16N6O3S/c1-2-18-9-15-16-12(18)7-14-13(20)10-3-4-11-17-23(21,22)6-5-19(11)8-10/h3-4,8-9H,2,5-7H2,1H3,(H,14,20). The second-order valence-electron chi connectivity index (χ2n) is 5.06. The zero-order valence-electron chi connectivity index (χ0n) is 12.5. The first-order valence-electron chi connectivity index (χ1n) is 7.12. The summed E-state index contributed by atoms with van der Waals surface area (Å²) in [5.41, 5.74) is 0.436. The van der Waals surface area contributed by atoms with Crippen molar-refractivity contribution in [2.75, 3.05) is 12.3 Å². The predicted octanol–water partition coefficient (Wildman–Crippen LogP) is -0.588. The minimum absolute atomic E-state index is 0.0602. The fourth-order valence-electron chi connectivity index (χ4n) is 2.28. The van der Waals surface area contributed by atoms with E-state index < -0.39 is 10.0 Å². The highest BCUT2D eigenvalue weighted by atomic mass is 32.2. The van der Waals surface area contributed by atoms with E-state index in [0.29, 0.717) is 17.2 Å². The molecule has 1 N–H and O–H groups in total. The van der Waals surface area contributed by atoms with Gasteiger partial charge in [-0.25, -0.2) is 8.42 Å². The molecule has 122 valence electrons. The van der Waals surface area contributed by atoms with Crippen LogP contribution >= 0.6 is 0 Å². The van der Waals surface area contributed by atoms with Crippen LogP contribution in [-0.2, 0) is 27.9 Å². The van der Waals surface area contributed by atoms with Crippen molar-refractivity contribution in [3.8, 4) is 0 Å². The summed E-state index contributed by atoms with van der Waals surface area (Å²) in [7, 11) is -3.39. The number of nitrogens with zero attached hydrogens (tertiary/aromatic N) is 5. The lowest BCUT2D eigenvalue weighted by Crippen LogP contribution is -2.38. The molecule has 0 radical (unpaired) electrons. The van der Waals surface area contributed by atoms with Crippen LogP contribution in [0.3, 0.4) is 0 Å². The number of hydrogen-bond donors (Lipinski definition) is 1. The maximum atomic E-state index is 12.2. The van der Waals surface area contributed by atoms with E-state index >= 15 is 0 Å². The number of sulfonamides is 1. The zero-order valence-corrected chi connectivity index (χ0v) is 13.3. The van der Waals surface area contributed by atoms with Crippen LogP contribution in [0, 0.1) is 0 Å². The summed E-state index contributed by atoms with van der Waals surface area (Å²) in [6.07, 6.45) is 6.29. The molecule has 9 nitrogen and oxygen atoms in total. The summed E-state index contributed by atoms with van der Waals surface area (Å²) in [6.45, 7) is 3.24. The lowest BCUT2D eigenvalue weighted by molar-refractivity contribution is -0.117. The number of amides is 1. The van der Waals surface area contributed by atoms with E-state index in [-0.39, 0.29) is 24.7 Å². The van der Waals surface area contributed by atoms with Gasteiger partial charge in [0.2, 0.25) is 0 Å². The summed E-state index contributed by atoms with van der Waals surface area (Å²) in [4.78, 5) is 13.9. The lowest BCUT2D eigenvalue weighted by Gasteiger charge is -2.26. The average molecular weight is 336 g/mol. The second kappa shape index (κ2) is 5.95. The van der Waals surface area contributed by atoms with Crippen molar-refractivity contribution in [2.45, 2.75) is 20.0 Å². The molecular formula is C13H16N6O3S. The molecule has 3 heterocycles. The summed E-state index contributed by atoms with van der Waals surface area (Å²) in [5.74, 6) is 0.681. The Morgan fingerprint density at radius 1 is 1.39 bits per heavy atom. The van der Waals surface area contributed by atoms with E-state index in [1.165, 1.54) is 6.08 Å². The molecule has 1 aromatic heterocycles. The molecule has 0 aromatic carbocycles. The normalized spacial score (nSPS) is 18.9. The van der Waals surface area contributed by atoms with E-state index in [1.807, 2.05) is 11.5 Å². The number of aromatic nitrogens is 3. The molecular weight excluding hydrogens is 320 g/mol. The molecule has 0 bridgehead atoms. The zero-order chi connectivity index (χ0) is 16.4. The van der Waals surface area contributed by atoms with E-state index in [9.17, 15) is 13.2 Å². The molecule has 1 aromatic rings. The van der Waals surface area contributed by atoms with Crippen molar-refractivity contribution in [3.05, 3.63) is 36.1 Å². The first kappa shape index (κ1) is 15.4. The van der Waals surface area contributed by atoms with Gasteiger partial charge in [0.1, 0.15) is 12.2 Å². The van der Waals surface area contributed by atoms with Gasteiger partial charge in [-0.15, -0.1) is 14.6 Å². The second-order valence-corrected chi connectivity index (χ2v) is 6.82. The molecule has 10 heteroatoms. The van der Waals surface area contributed by atoms with E-state index in [4.69, 9.17) is 0 Å². The minimum atomic E-state index is -3.39. The Morgan fingerprint density at radius 3 is 3.00 bits per heavy atom. The number of fused-ring (bicyclic) bond motifs is 1. The Kier molecular flexibility index (Phi) is 3.99. The van der Waals surface area contributed by atoms with Crippen LogP contribution in [0.1, 0.15) is 12.7 Å². The Balaban J connectivity index is 1.68. The molecule has 0 fully saturated rings. The molecule has 0 saturated carbocycles. The van der Waals surface area contributed by atoms with Gasteiger partial charge in [-0.1, -0.05) is 0 Å². The molecule has 2 aliphatic rings. The number of carbonyl (C=O) groups is 1. The molecule has 0 saturated heterocycles. The van der Waals surface area contributed by atoms with Gasteiger partial charge in [0, 0.05) is 19.3 Å². The summed E-state index contributed by atoms with van der Waals surface area (Å²) in [6, 6.07) is 0. The Labute approximate surface area is 133 Å². The summed E-state index contributed by atoms with van der Waals surface area (Å²) < 4.78 is 28.4. The third-order valence-corrected chi connectivity index (χ3v) is 4.69. The van der Waals surface area contributed by atoms with Crippen molar-refractivity contribution >= 4 is 21.8 Å². The van der Waals surface area contributed by atoms with Crippen molar-refractivity contribution in [1.29, 1.82) is 0 Å². The van der Waals surface area contributed by atoms with Crippen LogP contribution in [-0.4, -0.2) is 52.1 Å². The molecule has 2 aliphatic heterocycles. The fourth-order valence-corrected chi connectivity index (χ4v) is 3.25. The summed E-state index contributed by atoms with van der Waals surface area (Å²) >= 11 is 0. The Bertz CT molecular complexity index is 821. The summed E-state index contributed by atoms with van der Waals surface area (Å²) in [5, 5.41) is 10.5. The quantitative estimate of drug-likeness (QED) is 0.787. The highest BCUT2D eigenvalue weighted by Gasteiger charge is 2.24. The van der Waals surface area contributed by atoms with Crippen LogP contribution in [0.25, 0.3) is 0 Å². The first-order valence-corrected chi connectivity index (χ1v) is 8.73. The molecule has 0 atom stereocenters. The Morgan fingerprint density at radius 2 is 2.22 bits per heavy atom. The van der Waals surface area contributed by atoms with Gasteiger partial charge in [0.05, 0.1) is 17.9 Å². The predicted molar refractivity (Wildman–Crippen MR) is 82.7 cm³/mol. The maximum Gasteiger partial charge on any atom is 0.256 e. The molecule has 0 aliphatic carbocycles. The molecule has 1 amide bonds. The van der Waals surface area contributed by atoms with Crippen molar-refractivity contribution < 1.29 is 13.2 Å². The number of rotatable bonds is 4. The van der Waals surface area contributed by atoms with Gasteiger partial charge in [0.15, 0.2) is 5.82 Å². The third-order valence-electron chi connectivity index (χ3n) is 3.53. The van der Waals surface area contributed by atoms with Gasteiger partial charge in [-0.3, -0.25) is 4.79 Å². The monoisotopic (exact) mass is 336 g/mol. The van der Waals surface area contributed by atoms with E-state index in [1.54, 1.807) is 23.5 Å². The van der Waals surface area contributed by atoms with E-state index in [0.717, 1.165) is 6.54 Å². The number of hydrogen-bond acceptors (Lipinski definition) is 6. The lowest BCUT2D eigenvalue weighted by atomic mass is 10.2. The molecule has 3 rings (SSSR count). The Hall–Kier alpha value is -2.49. The van der Waals surface area contributed by atoms with Gasteiger partial charge < -0.3 is 14.8 Å². The maximum absolute atomic E-state index is 12.2. The van der Waals surface area contributed by atoms with Gasteiger partial charge in [-0.05, 0) is 19.1 Å². The highest BCUT2D eigenvalue weighted by molar-refractivity contribution is 7.90. The number of aryl methyl sites for hydroxylation is 1. The minimum Gasteiger partial charge on any atom is -0.345 e. The van der Waals surface area contributed by atoms with Gasteiger partial charge in [-0.2, -0.15) is 0 Å². The number of nitrogens with one attached hydrogen (secondary N) is 1. The number of amidine groups is 1. The largest absolute Gasteiger partial charge is 0.345 e. The number of carbonyl (C=O) groups excluding carboxylic acids is 1. The topological polar surface area (TPSA) is 110 Å². The van der Waals surface area contributed by atoms with Crippen molar-refractivity contribution in [2.24, 2.45) is 4.40 Å². The fraction of sp³-hybridized carbons (Fsp3) is 0.385. The van der Waals surface area contributed by atoms with Crippen LogP contribution < -0.4 is 5.32 Å². The average Bonchev–Trinajstić information content (AvgIpc) is 2.98. The van der Waals surface area contributed by atoms with Crippen LogP contribution in [0.4, 0.5) is 0 Å². The molecule has 23 heavy (non-hydrogen) atoms. The SMILES string of the molecule is CCn1cnnc1CNC(=O)C1=CN2CCS(=O)(=O)N=C2C=C1. The van der Waals surface area contributed by atoms with Crippen molar-refractivity contribution in [3.63, 3.8) is 0 Å². The molecule has 0 spiro atoms. The first-order chi connectivity index (χ1) is 11.0. The van der Waals surface area contributed by atoms with E-state index in [2.05, 4.69) is 19.9 Å². The van der Waals surface area contributed by atoms with Crippen LogP contribution in [0.2, 0.25) is 0 Å². The van der Waals surface area contributed by atoms with Gasteiger partial charge in [0.25, 0.3) is 15.9 Å². The third kappa shape index (κ3) is 3.31. The van der Waals surface area contributed by atoms with Gasteiger partial charge >= 0.3 is 0 Å². The van der Waals surface area contributed by atoms with Crippen LogP contribution in [0.15, 0.2) is 34.7 Å². The van der Waals surface area contributed by atoms with Crippen molar-refractivity contribution in [1.82, 2.24) is 25.0 Å². The highest BCUT2D eigenvalue weighted by Crippen LogP contribution is 2.15. The van der Waals surface area contributed by atoms with Crippen LogP contribution in [0.5, 0.6) is 0 Å².